The molecule has 3 aromatic rings. The molecule has 0 bridgehead atoms. The van der Waals surface area contributed by atoms with E-state index in [4.69, 9.17) is 15.7 Å². The number of carbonyl (C=O) groups is 1. The molecule has 1 aliphatic heterocycles. The van der Waals surface area contributed by atoms with Crippen molar-refractivity contribution in [3.05, 3.63) is 89.2 Å². The SMILES string of the molecule is NC(=O)N1OCCC1(c1ccccc1)c1cccc(C#Cc2cnc(NCCCO)nc2)c1. The number of rotatable bonds is 6. The Bertz CT molecular complexity index is 1160. The summed E-state index contributed by atoms with van der Waals surface area (Å²) in [6.07, 6.45) is 4.51. The predicted octanol–water partition coefficient (Wildman–Crippen LogP) is 2.63. The number of nitrogens with two attached hydrogens (primary N) is 1. The van der Waals surface area contributed by atoms with Crippen molar-refractivity contribution in [2.24, 2.45) is 5.73 Å². The lowest BCUT2D eigenvalue weighted by atomic mass is 9.80. The number of primary amides is 1. The van der Waals surface area contributed by atoms with Gasteiger partial charge in [0.2, 0.25) is 5.95 Å². The van der Waals surface area contributed by atoms with Crippen LogP contribution in [-0.2, 0) is 10.4 Å². The normalized spacial score (nSPS) is 17.3. The van der Waals surface area contributed by atoms with Crippen molar-refractivity contribution in [3.8, 4) is 11.8 Å². The van der Waals surface area contributed by atoms with Gasteiger partial charge in [-0.3, -0.25) is 4.84 Å². The molecule has 2 amide bonds. The van der Waals surface area contributed by atoms with Crippen LogP contribution in [-0.4, -0.2) is 45.9 Å². The number of urea groups is 1. The first-order valence-corrected chi connectivity index (χ1v) is 10.7. The molecule has 4 rings (SSSR count). The average molecular weight is 444 g/mol. The Labute approximate surface area is 192 Å². The molecule has 0 aliphatic carbocycles. The molecule has 2 heterocycles. The smallest absolute Gasteiger partial charge is 0.339 e. The number of hydrogen-bond donors (Lipinski definition) is 3. The fourth-order valence-corrected chi connectivity index (χ4v) is 3.91. The molecule has 1 atom stereocenters. The predicted molar refractivity (Wildman–Crippen MR) is 124 cm³/mol. The van der Waals surface area contributed by atoms with Crippen molar-refractivity contribution in [2.75, 3.05) is 25.1 Å². The van der Waals surface area contributed by atoms with E-state index in [1.54, 1.807) is 12.4 Å². The maximum Gasteiger partial charge on any atom is 0.339 e. The van der Waals surface area contributed by atoms with Gasteiger partial charge in [-0.2, -0.15) is 5.06 Å². The van der Waals surface area contributed by atoms with E-state index in [1.165, 1.54) is 5.06 Å². The molecule has 168 valence electrons. The monoisotopic (exact) mass is 443 g/mol. The third-order valence-corrected chi connectivity index (χ3v) is 5.44. The number of anilines is 1. The highest BCUT2D eigenvalue weighted by molar-refractivity contribution is 5.73. The van der Waals surface area contributed by atoms with Gasteiger partial charge < -0.3 is 16.2 Å². The van der Waals surface area contributed by atoms with E-state index < -0.39 is 11.6 Å². The molecule has 0 saturated carbocycles. The number of nitrogens with one attached hydrogen (secondary N) is 1. The molecule has 1 unspecified atom stereocenters. The summed E-state index contributed by atoms with van der Waals surface area (Å²) in [6, 6.07) is 16.8. The number of carbonyl (C=O) groups excluding carboxylic acids is 1. The van der Waals surface area contributed by atoms with Gasteiger partial charge in [0.05, 0.1) is 12.2 Å². The van der Waals surface area contributed by atoms with Crippen LogP contribution < -0.4 is 11.1 Å². The van der Waals surface area contributed by atoms with E-state index in [9.17, 15) is 4.79 Å². The van der Waals surface area contributed by atoms with Gasteiger partial charge in [-0.1, -0.05) is 54.3 Å². The molecular weight excluding hydrogens is 418 g/mol. The summed E-state index contributed by atoms with van der Waals surface area (Å²) in [6.45, 7) is 1.10. The van der Waals surface area contributed by atoms with Crippen molar-refractivity contribution in [3.63, 3.8) is 0 Å². The third kappa shape index (κ3) is 4.80. The maximum absolute atomic E-state index is 12.2. The summed E-state index contributed by atoms with van der Waals surface area (Å²) < 4.78 is 0. The van der Waals surface area contributed by atoms with Gasteiger partial charge in [0, 0.05) is 37.5 Å². The van der Waals surface area contributed by atoms with Crippen LogP contribution in [0.4, 0.5) is 10.7 Å². The van der Waals surface area contributed by atoms with Gasteiger partial charge in [0.1, 0.15) is 5.54 Å². The molecule has 2 aromatic carbocycles. The molecule has 0 spiro atoms. The number of hydrogen-bond acceptors (Lipinski definition) is 6. The van der Waals surface area contributed by atoms with Gasteiger partial charge >= 0.3 is 6.03 Å². The number of nitrogens with zero attached hydrogens (tertiary/aromatic N) is 3. The highest BCUT2D eigenvalue weighted by Gasteiger charge is 2.47. The zero-order chi connectivity index (χ0) is 23.1. The molecule has 1 fully saturated rings. The zero-order valence-corrected chi connectivity index (χ0v) is 18.1. The maximum atomic E-state index is 12.2. The van der Waals surface area contributed by atoms with Gasteiger partial charge in [0.25, 0.3) is 0 Å². The Hall–Kier alpha value is -3.93. The topological polar surface area (TPSA) is 114 Å². The van der Waals surface area contributed by atoms with Crippen LogP contribution in [0.1, 0.15) is 35.1 Å². The van der Waals surface area contributed by atoms with Crippen molar-refractivity contribution < 1.29 is 14.7 Å². The van der Waals surface area contributed by atoms with Crippen molar-refractivity contribution >= 4 is 12.0 Å². The zero-order valence-electron chi connectivity index (χ0n) is 18.1. The summed E-state index contributed by atoms with van der Waals surface area (Å²) in [5.41, 5.74) is 8.10. The van der Waals surface area contributed by atoms with Crippen LogP contribution in [0.15, 0.2) is 67.0 Å². The number of aliphatic hydroxyl groups excluding tert-OH is 1. The minimum atomic E-state index is -0.824. The average Bonchev–Trinajstić information content (AvgIpc) is 3.31. The molecule has 1 aliphatic rings. The number of benzene rings is 2. The van der Waals surface area contributed by atoms with Crippen molar-refractivity contribution in [2.45, 2.75) is 18.4 Å². The lowest BCUT2D eigenvalue weighted by Crippen LogP contribution is -2.47. The van der Waals surface area contributed by atoms with Crippen LogP contribution in [0.5, 0.6) is 0 Å². The molecule has 4 N–H and O–H groups in total. The lowest BCUT2D eigenvalue weighted by Gasteiger charge is -2.36. The van der Waals surface area contributed by atoms with Gasteiger partial charge in [-0.25, -0.2) is 14.8 Å². The van der Waals surface area contributed by atoms with Crippen LogP contribution in [0, 0.1) is 11.8 Å². The van der Waals surface area contributed by atoms with Gasteiger partial charge in [-0.05, 0) is 29.7 Å². The summed E-state index contributed by atoms with van der Waals surface area (Å²) in [7, 11) is 0. The number of amides is 2. The second-order valence-corrected chi connectivity index (χ2v) is 7.57. The fourth-order valence-electron chi connectivity index (χ4n) is 3.91. The summed E-state index contributed by atoms with van der Waals surface area (Å²) >= 11 is 0. The minimum Gasteiger partial charge on any atom is -0.396 e. The summed E-state index contributed by atoms with van der Waals surface area (Å²) in [5.74, 6) is 6.72. The number of aromatic nitrogens is 2. The standard InChI is InChI=1S/C25H25N5O3/c26-23(32)30-25(12-15-33-30,21-7-2-1-3-8-21)22-9-4-6-19(16-22)10-11-20-17-28-24(29-18-20)27-13-5-14-31/h1-4,6-9,16-18,31H,5,12-15H2,(H2,26,32)(H,27,28,29). The lowest BCUT2D eigenvalue weighted by molar-refractivity contribution is -0.107. The Morgan fingerprint density at radius 2 is 1.82 bits per heavy atom. The summed E-state index contributed by atoms with van der Waals surface area (Å²) in [4.78, 5) is 26.4. The molecule has 1 saturated heterocycles. The van der Waals surface area contributed by atoms with E-state index in [0.29, 0.717) is 37.5 Å². The van der Waals surface area contributed by atoms with E-state index in [0.717, 1.165) is 16.7 Å². The second-order valence-electron chi connectivity index (χ2n) is 7.57. The third-order valence-electron chi connectivity index (χ3n) is 5.44. The quantitative estimate of drug-likeness (QED) is 0.399. The number of hydroxylamine groups is 2. The first-order valence-electron chi connectivity index (χ1n) is 10.7. The Morgan fingerprint density at radius 3 is 2.55 bits per heavy atom. The van der Waals surface area contributed by atoms with Crippen molar-refractivity contribution in [1.82, 2.24) is 15.0 Å². The highest BCUT2D eigenvalue weighted by Crippen LogP contribution is 2.43. The molecule has 1 aromatic heterocycles. The van der Waals surface area contributed by atoms with E-state index in [1.807, 2.05) is 54.6 Å². The van der Waals surface area contributed by atoms with Crippen LogP contribution in [0.2, 0.25) is 0 Å². The largest absolute Gasteiger partial charge is 0.396 e. The first-order chi connectivity index (χ1) is 16.1. The van der Waals surface area contributed by atoms with E-state index in [2.05, 4.69) is 27.1 Å². The van der Waals surface area contributed by atoms with Crippen molar-refractivity contribution in [1.29, 1.82) is 0 Å². The molecule has 0 radical (unpaired) electrons. The van der Waals surface area contributed by atoms with E-state index in [-0.39, 0.29) is 6.61 Å². The van der Waals surface area contributed by atoms with Crippen LogP contribution >= 0.6 is 0 Å². The highest BCUT2D eigenvalue weighted by atomic mass is 16.7. The van der Waals surface area contributed by atoms with Gasteiger partial charge in [0.15, 0.2) is 0 Å². The minimum absolute atomic E-state index is 0.116. The number of aliphatic hydroxyl groups is 1. The Morgan fingerprint density at radius 1 is 1.09 bits per heavy atom. The van der Waals surface area contributed by atoms with E-state index >= 15 is 0 Å². The second kappa shape index (κ2) is 10.1. The molecule has 8 nitrogen and oxygen atoms in total. The molecular formula is C25H25N5O3. The fraction of sp³-hybridized carbons (Fsp3) is 0.240. The van der Waals surface area contributed by atoms with Gasteiger partial charge in [-0.15, -0.1) is 0 Å². The molecule has 8 heteroatoms. The summed E-state index contributed by atoms with van der Waals surface area (Å²) in [5, 5.41) is 13.1. The van der Waals surface area contributed by atoms with Crippen LogP contribution in [0.3, 0.4) is 0 Å². The van der Waals surface area contributed by atoms with Crippen LogP contribution in [0.25, 0.3) is 0 Å². The Kier molecular flexibility index (Phi) is 6.83. The Balaban J connectivity index is 1.63. The first kappa shape index (κ1) is 22.3. The molecule has 33 heavy (non-hydrogen) atoms.